The number of hydrogen-bond donors (Lipinski definition) is 1. The number of aliphatic hydroxyl groups is 1. The molecular formula is C25H35N3O4S. The number of hydrogen-bond acceptors (Lipinski definition) is 6. The van der Waals surface area contributed by atoms with Gasteiger partial charge in [0.2, 0.25) is 10.0 Å². The zero-order chi connectivity index (χ0) is 23.6. The summed E-state index contributed by atoms with van der Waals surface area (Å²) in [6, 6.07) is 15.5. The SMILES string of the molecule is COc1cc(CN2C(C)CCC(c3ccccc3)S2(=O)=O)ccc1N1CCN(C(C)O)CC1. The quantitative estimate of drug-likeness (QED) is 0.695. The molecule has 2 aromatic rings. The molecule has 2 saturated heterocycles. The Morgan fingerprint density at radius 2 is 1.76 bits per heavy atom. The number of piperazine rings is 1. The van der Waals surface area contributed by atoms with E-state index in [-0.39, 0.29) is 6.04 Å². The van der Waals surface area contributed by atoms with Crippen LogP contribution in [0.3, 0.4) is 0 Å². The maximum Gasteiger partial charge on any atom is 0.221 e. The Bertz CT molecular complexity index is 1040. The highest BCUT2D eigenvalue weighted by Gasteiger charge is 2.40. The minimum Gasteiger partial charge on any atom is -0.495 e. The van der Waals surface area contributed by atoms with Crippen molar-refractivity contribution in [2.24, 2.45) is 0 Å². The van der Waals surface area contributed by atoms with Crippen LogP contribution in [-0.4, -0.2) is 68.3 Å². The Hall–Kier alpha value is -2.13. The third-order valence-corrected chi connectivity index (χ3v) is 9.33. The number of rotatable bonds is 6. The Balaban J connectivity index is 1.53. The number of anilines is 1. The first kappa shape index (κ1) is 24.0. The van der Waals surface area contributed by atoms with Gasteiger partial charge < -0.3 is 14.7 Å². The van der Waals surface area contributed by atoms with Gasteiger partial charge in [-0.05, 0) is 49.9 Å². The van der Waals surface area contributed by atoms with E-state index in [1.807, 2.05) is 60.4 Å². The molecule has 2 fully saturated rings. The first-order valence-electron chi connectivity index (χ1n) is 11.7. The molecule has 2 heterocycles. The molecule has 0 aliphatic carbocycles. The molecule has 0 bridgehead atoms. The number of ether oxygens (including phenoxy) is 1. The fraction of sp³-hybridized carbons (Fsp3) is 0.520. The summed E-state index contributed by atoms with van der Waals surface area (Å²) in [6.45, 7) is 7.29. The fourth-order valence-corrected chi connectivity index (χ4v) is 7.15. The van der Waals surface area contributed by atoms with Crippen LogP contribution in [0.2, 0.25) is 0 Å². The second-order valence-electron chi connectivity index (χ2n) is 9.08. The Labute approximate surface area is 197 Å². The van der Waals surface area contributed by atoms with Gasteiger partial charge >= 0.3 is 0 Å². The molecule has 1 N–H and O–H groups in total. The van der Waals surface area contributed by atoms with Gasteiger partial charge in [0.25, 0.3) is 0 Å². The van der Waals surface area contributed by atoms with Crippen molar-refractivity contribution in [2.75, 3.05) is 38.2 Å². The molecule has 0 radical (unpaired) electrons. The molecule has 3 unspecified atom stereocenters. The molecule has 33 heavy (non-hydrogen) atoms. The van der Waals surface area contributed by atoms with E-state index in [4.69, 9.17) is 4.74 Å². The maximum absolute atomic E-state index is 13.5. The first-order valence-corrected chi connectivity index (χ1v) is 13.2. The molecule has 0 aromatic heterocycles. The van der Waals surface area contributed by atoms with Crippen molar-refractivity contribution in [1.82, 2.24) is 9.21 Å². The first-order chi connectivity index (χ1) is 15.8. The van der Waals surface area contributed by atoms with Gasteiger partial charge in [0, 0.05) is 38.8 Å². The minimum absolute atomic E-state index is 0.0471. The summed E-state index contributed by atoms with van der Waals surface area (Å²) in [6.07, 6.45) is 1.04. The van der Waals surface area contributed by atoms with Crippen molar-refractivity contribution in [3.63, 3.8) is 0 Å². The number of methoxy groups -OCH3 is 1. The highest BCUT2D eigenvalue weighted by Crippen LogP contribution is 2.39. The van der Waals surface area contributed by atoms with E-state index >= 15 is 0 Å². The molecule has 8 heteroatoms. The third kappa shape index (κ3) is 5.04. The average molecular weight is 474 g/mol. The molecule has 3 atom stereocenters. The molecule has 2 aliphatic heterocycles. The number of benzene rings is 2. The van der Waals surface area contributed by atoms with Gasteiger partial charge in [0.1, 0.15) is 17.2 Å². The van der Waals surface area contributed by atoms with Crippen LogP contribution in [-0.2, 0) is 16.6 Å². The molecule has 0 saturated carbocycles. The third-order valence-electron chi connectivity index (χ3n) is 6.96. The summed E-state index contributed by atoms with van der Waals surface area (Å²) in [7, 11) is -1.82. The second-order valence-corrected chi connectivity index (χ2v) is 11.1. The van der Waals surface area contributed by atoms with Gasteiger partial charge in [-0.25, -0.2) is 8.42 Å². The van der Waals surface area contributed by atoms with Gasteiger partial charge in [-0.1, -0.05) is 36.4 Å². The summed E-state index contributed by atoms with van der Waals surface area (Å²) < 4.78 is 34.4. The molecule has 7 nitrogen and oxygen atoms in total. The summed E-state index contributed by atoms with van der Waals surface area (Å²) in [5.74, 6) is 0.750. The van der Waals surface area contributed by atoms with E-state index in [2.05, 4.69) is 4.90 Å². The van der Waals surface area contributed by atoms with E-state index in [9.17, 15) is 13.5 Å². The minimum atomic E-state index is -3.48. The molecule has 4 rings (SSSR count). The normalized spacial score (nSPS) is 25.0. The van der Waals surface area contributed by atoms with Gasteiger partial charge in [0.15, 0.2) is 0 Å². The zero-order valence-electron chi connectivity index (χ0n) is 19.7. The number of aliphatic hydroxyl groups excluding tert-OH is 1. The predicted molar refractivity (Wildman–Crippen MR) is 131 cm³/mol. The predicted octanol–water partition coefficient (Wildman–Crippen LogP) is 3.21. The summed E-state index contributed by atoms with van der Waals surface area (Å²) >= 11 is 0. The van der Waals surface area contributed by atoms with E-state index in [0.29, 0.717) is 13.0 Å². The monoisotopic (exact) mass is 473 g/mol. The highest BCUT2D eigenvalue weighted by atomic mass is 32.2. The summed E-state index contributed by atoms with van der Waals surface area (Å²) in [4.78, 5) is 4.30. The Kier molecular flexibility index (Phi) is 7.28. The lowest BCUT2D eigenvalue weighted by atomic mass is 10.0. The summed E-state index contributed by atoms with van der Waals surface area (Å²) in [5.41, 5.74) is 2.78. The van der Waals surface area contributed by atoms with Crippen molar-refractivity contribution in [1.29, 1.82) is 0 Å². The topological polar surface area (TPSA) is 73.3 Å². The van der Waals surface area contributed by atoms with Crippen LogP contribution in [0.4, 0.5) is 5.69 Å². The molecule has 180 valence electrons. The zero-order valence-corrected chi connectivity index (χ0v) is 20.5. The van der Waals surface area contributed by atoms with Gasteiger partial charge in [0.05, 0.1) is 12.8 Å². The smallest absolute Gasteiger partial charge is 0.221 e. The fourth-order valence-electron chi connectivity index (χ4n) is 4.95. The van der Waals surface area contributed by atoms with E-state index < -0.39 is 21.5 Å². The van der Waals surface area contributed by atoms with Crippen LogP contribution in [0, 0.1) is 0 Å². The van der Waals surface area contributed by atoms with E-state index in [1.54, 1.807) is 18.3 Å². The van der Waals surface area contributed by atoms with Gasteiger partial charge in [-0.3, -0.25) is 4.90 Å². The lowest BCUT2D eigenvalue weighted by molar-refractivity contribution is 0.0153. The van der Waals surface area contributed by atoms with E-state index in [1.165, 1.54) is 0 Å². The Morgan fingerprint density at radius 1 is 1.06 bits per heavy atom. The van der Waals surface area contributed by atoms with Crippen LogP contribution in [0.25, 0.3) is 0 Å². The lowest BCUT2D eigenvalue weighted by Gasteiger charge is -2.38. The van der Waals surface area contributed by atoms with Crippen LogP contribution in [0.1, 0.15) is 43.1 Å². The average Bonchev–Trinajstić information content (AvgIpc) is 2.82. The maximum atomic E-state index is 13.5. The number of sulfonamides is 1. The van der Waals surface area contributed by atoms with Crippen molar-refractivity contribution in [2.45, 2.75) is 50.8 Å². The molecular weight excluding hydrogens is 438 g/mol. The highest BCUT2D eigenvalue weighted by molar-refractivity contribution is 7.89. The van der Waals surface area contributed by atoms with Crippen LogP contribution < -0.4 is 9.64 Å². The van der Waals surface area contributed by atoms with Gasteiger partial charge in [-0.2, -0.15) is 4.31 Å². The molecule has 2 aliphatic rings. The second kappa shape index (κ2) is 10.0. The summed E-state index contributed by atoms with van der Waals surface area (Å²) in [5, 5.41) is 9.31. The van der Waals surface area contributed by atoms with Crippen molar-refractivity contribution in [3.8, 4) is 5.75 Å². The van der Waals surface area contributed by atoms with Gasteiger partial charge in [-0.15, -0.1) is 0 Å². The number of nitrogens with zero attached hydrogens (tertiary/aromatic N) is 3. The molecule has 2 aromatic carbocycles. The van der Waals surface area contributed by atoms with Crippen LogP contribution in [0.15, 0.2) is 48.5 Å². The van der Waals surface area contributed by atoms with Crippen LogP contribution in [0.5, 0.6) is 5.75 Å². The Morgan fingerprint density at radius 3 is 2.39 bits per heavy atom. The van der Waals surface area contributed by atoms with Crippen molar-refractivity contribution in [3.05, 3.63) is 59.7 Å². The van der Waals surface area contributed by atoms with Crippen molar-refractivity contribution < 1.29 is 18.3 Å². The van der Waals surface area contributed by atoms with Crippen molar-refractivity contribution >= 4 is 15.7 Å². The molecule has 0 amide bonds. The largest absolute Gasteiger partial charge is 0.495 e. The van der Waals surface area contributed by atoms with Crippen LogP contribution >= 0.6 is 0 Å². The lowest BCUT2D eigenvalue weighted by Crippen LogP contribution is -2.49. The standard InChI is InChI=1S/C25H35N3O4S/c1-19-9-12-25(22-7-5-4-6-8-22)33(30,31)28(19)18-21-10-11-23(24(17-21)32-3)27-15-13-26(14-16-27)20(2)29/h4-8,10-11,17,19-20,25,29H,9,12-16,18H2,1-3H3. The molecule has 0 spiro atoms. The van der Waals surface area contributed by atoms with E-state index in [0.717, 1.165) is 55.2 Å².